The minimum atomic E-state index is -0.542. The molecule has 1 unspecified atom stereocenters. The fourth-order valence-corrected chi connectivity index (χ4v) is 3.48. The van der Waals surface area contributed by atoms with Gasteiger partial charge in [0.15, 0.2) is 5.96 Å². The summed E-state index contributed by atoms with van der Waals surface area (Å²) in [4.78, 5) is 18.9. The number of carbonyl (C=O) groups is 1. The SMILES string of the molecule is CN=C(NCC(NC(=O)OC(C)(C)C)c1ccccc1)N(C)CCC1CCOCC1. The maximum atomic E-state index is 12.4. The average molecular weight is 419 g/mol. The van der Waals surface area contributed by atoms with Crippen molar-refractivity contribution < 1.29 is 14.3 Å². The van der Waals surface area contributed by atoms with Crippen molar-refractivity contribution in [2.45, 2.75) is 51.7 Å². The number of carbonyl (C=O) groups excluding carboxylic acids is 1. The number of alkyl carbamates (subject to hydrolysis) is 1. The first-order chi connectivity index (χ1) is 14.3. The van der Waals surface area contributed by atoms with Gasteiger partial charge in [0.2, 0.25) is 0 Å². The molecule has 0 bridgehead atoms. The van der Waals surface area contributed by atoms with Gasteiger partial charge in [0, 0.05) is 40.4 Å². The zero-order chi connectivity index (χ0) is 22.0. The molecule has 1 aliphatic rings. The van der Waals surface area contributed by atoms with E-state index in [0.717, 1.165) is 50.5 Å². The lowest BCUT2D eigenvalue weighted by Crippen LogP contribution is -2.45. The van der Waals surface area contributed by atoms with Crippen LogP contribution in [0.3, 0.4) is 0 Å². The van der Waals surface area contributed by atoms with Gasteiger partial charge in [-0.25, -0.2) is 4.79 Å². The lowest BCUT2D eigenvalue weighted by atomic mass is 9.96. The van der Waals surface area contributed by atoms with Gasteiger partial charge in [-0.05, 0) is 51.5 Å². The highest BCUT2D eigenvalue weighted by molar-refractivity contribution is 5.79. The molecule has 7 nitrogen and oxygen atoms in total. The smallest absolute Gasteiger partial charge is 0.408 e. The molecule has 2 N–H and O–H groups in total. The van der Waals surface area contributed by atoms with Crippen molar-refractivity contribution >= 4 is 12.1 Å². The molecule has 1 aromatic carbocycles. The summed E-state index contributed by atoms with van der Waals surface area (Å²) < 4.78 is 10.9. The largest absolute Gasteiger partial charge is 0.444 e. The molecule has 1 heterocycles. The van der Waals surface area contributed by atoms with E-state index in [2.05, 4.69) is 20.5 Å². The van der Waals surface area contributed by atoms with Gasteiger partial charge < -0.3 is 25.0 Å². The van der Waals surface area contributed by atoms with Crippen LogP contribution < -0.4 is 10.6 Å². The zero-order valence-electron chi connectivity index (χ0n) is 19.1. The number of ether oxygens (including phenoxy) is 2. The van der Waals surface area contributed by atoms with E-state index in [9.17, 15) is 4.79 Å². The van der Waals surface area contributed by atoms with Crippen LogP contribution in [0.4, 0.5) is 4.79 Å². The summed E-state index contributed by atoms with van der Waals surface area (Å²) in [5, 5.41) is 6.39. The Morgan fingerprint density at radius 1 is 1.27 bits per heavy atom. The number of rotatable bonds is 7. The second-order valence-electron chi connectivity index (χ2n) is 8.80. The van der Waals surface area contributed by atoms with E-state index in [-0.39, 0.29) is 6.04 Å². The molecule has 1 fully saturated rings. The Morgan fingerprint density at radius 3 is 2.53 bits per heavy atom. The molecule has 1 saturated heterocycles. The van der Waals surface area contributed by atoms with E-state index in [4.69, 9.17) is 9.47 Å². The van der Waals surface area contributed by atoms with Crippen molar-refractivity contribution in [2.24, 2.45) is 10.9 Å². The molecule has 30 heavy (non-hydrogen) atoms. The molecule has 168 valence electrons. The van der Waals surface area contributed by atoms with Crippen LogP contribution in [0.5, 0.6) is 0 Å². The standard InChI is InChI=1S/C23H38N4O3/c1-23(2,3)30-22(28)26-20(19-9-7-6-8-10-19)17-25-21(24-4)27(5)14-11-18-12-15-29-16-13-18/h6-10,18,20H,11-17H2,1-5H3,(H,24,25)(H,26,28). The van der Waals surface area contributed by atoms with Gasteiger partial charge in [0.25, 0.3) is 0 Å². The van der Waals surface area contributed by atoms with E-state index in [1.165, 1.54) is 0 Å². The molecule has 0 saturated carbocycles. The summed E-state index contributed by atoms with van der Waals surface area (Å²) in [6, 6.07) is 9.66. The Morgan fingerprint density at radius 2 is 1.93 bits per heavy atom. The van der Waals surface area contributed by atoms with Gasteiger partial charge in [0.1, 0.15) is 5.60 Å². The predicted molar refractivity (Wildman–Crippen MR) is 121 cm³/mol. The van der Waals surface area contributed by atoms with E-state index < -0.39 is 11.7 Å². The molecule has 0 radical (unpaired) electrons. The third-order valence-corrected chi connectivity index (χ3v) is 5.14. The van der Waals surface area contributed by atoms with Crippen molar-refractivity contribution in [1.82, 2.24) is 15.5 Å². The van der Waals surface area contributed by atoms with Crippen LogP contribution in [0.2, 0.25) is 0 Å². The normalized spacial score (nSPS) is 16.6. The lowest BCUT2D eigenvalue weighted by molar-refractivity contribution is 0.0503. The monoisotopic (exact) mass is 418 g/mol. The number of nitrogens with one attached hydrogen (secondary N) is 2. The van der Waals surface area contributed by atoms with E-state index in [1.807, 2.05) is 58.2 Å². The molecule has 1 aliphatic heterocycles. The number of hydrogen-bond donors (Lipinski definition) is 2. The minimum absolute atomic E-state index is 0.235. The third kappa shape index (κ3) is 8.61. The Kier molecular flexibility index (Phi) is 9.43. The Bertz CT molecular complexity index is 667. The molecule has 1 atom stereocenters. The quantitative estimate of drug-likeness (QED) is 0.523. The van der Waals surface area contributed by atoms with Crippen molar-refractivity contribution in [3.63, 3.8) is 0 Å². The number of guanidine groups is 1. The van der Waals surface area contributed by atoms with Crippen molar-refractivity contribution in [3.8, 4) is 0 Å². The average Bonchev–Trinajstić information content (AvgIpc) is 2.72. The topological polar surface area (TPSA) is 75.2 Å². The number of amides is 1. The van der Waals surface area contributed by atoms with E-state index >= 15 is 0 Å². The molecular formula is C23H38N4O3. The van der Waals surface area contributed by atoms with Crippen LogP contribution in [-0.2, 0) is 9.47 Å². The summed E-state index contributed by atoms with van der Waals surface area (Å²) in [6.45, 7) is 8.76. The fourth-order valence-electron chi connectivity index (χ4n) is 3.48. The van der Waals surface area contributed by atoms with E-state index in [0.29, 0.717) is 12.5 Å². The number of nitrogens with zero attached hydrogens (tertiary/aromatic N) is 2. The van der Waals surface area contributed by atoms with Crippen molar-refractivity contribution in [2.75, 3.05) is 40.4 Å². The Balaban J connectivity index is 1.93. The highest BCUT2D eigenvalue weighted by atomic mass is 16.6. The van der Waals surface area contributed by atoms with Gasteiger partial charge in [-0.2, -0.15) is 0 Å². The molecular weight excluding hydrogens is 380 g/mol. The number of hydrogen-bond acceptors (Lipinski definition) is 4. The van der Waals surface area contributed by atoms with Gasteiger partial charge in [-0.15, -0.1) is 0 Å². The second-order valence-corrected chi connectivity index (χ2v) is 8.80. The van der Waals surface area contributed by atoms with Crippen LogP contribution in [-0.4, -0.2) is 63.0 Å². The van der Waals surface area contributed by atoms with Crippen LogP contribution in [0, 0.1) is 5.92 Å². The Labute approximate surface area is 181 Å². The molecule has 7 heteroatoms. The van der Waals surface area contributed by atoms with Crippen LogP contribution in [0.1, 0.15) is 51.6 Å². The summed E-state index contributed by atoms with van der Waals surface area (Å²) in [7, 11) is 3.83. The summed E-state index contributed by atoms with van der Waals surface area (Å²) >= 11 is 0. The predicted octanol–water partition coefficient (Wildman–Crippen LogP) is 3.58. The maximum Gasteiger partial charge on any atom is 0.408 e. The molecule has 1 amide bonds. The van der Waals surface area contributed by atoms with Crippen LogP contribution in [0.15, 0.2) is 35.3 Å². The zero-order valence-corrected chi connectivity index (χ0v) is 19.1. The highest BCUT2D eigenvalue weighted by Gasteiger charge is 2.21. The molecule has 0 aromatic heterocycles. The highest BCUT2D eigenvalue weighted by Crippen LogP contribution is 2.19. The van der Waals surface area contributed by atoms with Gasteiger partial charge in [-0.1, -0.05) is 30.3 Å². The minimum Gasteiger partial charge on any atom is -0.444 e. The first kappa shape index (κ1) is 24.0. The van der Waals surface area contributed by atoms with Gasteiger partial charge in [0.05, 0.1) is 6.04 Å². The molecule has 2 rings (SSSR count). The summed E-state index contributed by atoms with van der Waals surface area (Å²) in [5.41, 5.74) is 0.468. The summed E-state index contributed by atoms with van der Waals surface area (Å²) in [6.07, 6.45) is 2.96. The van der Waals surface area contributed by atoms with E-state index in [1.54, 1.807) is 7.05 Å². The first-order valence-corrected chi connectivity index (χ1v) is 10.8. The van der Waals surface area contributed by atoms with Crippen LogP contribution >= 0.6 is 0 Å². The second kappa shape index (κ2) is 11.8. The fraction of sp³-hybridized carbons (Fsp3) is 0.652. The third-order valence-electron chi connectivity index (χ3n) is 5.14. The van der Waals surface area contributed by atoms with Crippen molar-refractivity contribution in [3.05, 3.63) is 35.9 Å². The van der Waals surface area contributed by atoms with Gasteiger partial charge in [-0.3, -0.25) is 4.99 Å². The molecule has 0 aliphatic carbocycles. The molecule has 0 spiro atoms. The van der Waals surface area contributed by atoms with Gasteiger partial charge >= 0.3 is 6.09 Å². The number of aliphatic imine (C=N–C) groups is 1. The Hall–Kier alpha value is -2.28. The number of benzene rings is 1. The van der Waals surface area contributed by atoms with Crippen molar-refractivity contribution in [1.29, 1.82) is 0 Å². The first-order valence-electron chi connectivity index (χ1n) is 10.8. The summed E-state index contributed by atoms with van der Waals surface area (Å²) in [5.74, 6) is 1.53. The maximum absolute atomic E-state index is 12.4. The van der Waals surface area contributed by atoms with Crippen LogP contribution in [0.25, 0.3) is 0 Å². The molecule has 1 aromatic rings. The lowest BCUT2D eigenvalue weighted by Gasteiger charge is -2.28.